The Morgan fingerprint density at radius 1 is 1.48 bits per heavy atom. The van der Waals surface area contributed by atoms with E-state index in [0.717, 1.165) is 37.3 Å². The van der Waals surface area contributed by atoms with Crippen molar-refractivity contribution in [1.29, 1.82) is 0 Å². The average Bonchev–Trinajstić information content (AvgIpc) is 2.47. The Morgan fingerprint density at radius 3 is 3.14 bits per heavy atom. The van der Waals surface area contributed by atoms with Gasteiger partial charge < -0.3 is 14.6 Å². The summed E-state index contributed by atoms with van der Waals surface area (Å²) >= 11 is 0. The summed E-state index contributed by atoms with van der Waals surface area (Å²) in [5.41, 5.74) is 1.87. The standard InChI is InChI=1S/C16H20N2O3/c1-2-21-16(20)4-3-11-6-14-13-5-12(8-17-9-13)10-18(14)15(19)7-11/h3-4,6-7,12-13,17H,2,5,8-10H2,1H3/b4-3+/t12?,13-/m0/s1. The van der Waals surface area contributed by atoms with Crippen LogP contribution in [0, 0.1) is 5.92 Å². The Morgan fingerprint density at radius 2 is 2.33 bits per heavy atom. The molecule has 0 radical (unpaired) electrons. The Labute approximate surface area is 123 Å². The van der Waals surface area contributed by atoms with Gasteiger partial charge in [-0.05, 0) is 43.5 Å². The van der Waals surface area contributed by atoms with Gasteiger partial charge in [-0.15, -0.1) is 0 Å². The zero-order valence-electron chi connectivity index (χ0n) is 12.2. The zero-order valence-corrected chi connectivity index (χ0v) is 12.2. The molecule has 0 amide bonds. The fourth-order valence-electron chi connectivity index (χ4n) is 3.28. The third-order valence-electron chi connectivity index (χ3n) is 4.18. The topological polar surface area (TPSA) is 60.3 Å². The van der Waals surface area contributed by atoms with Crippen LogP contribution in [0.5, 0.6) is 0 Å². The van der Waals surface area contributed by atoms with Gasteiger partial charge in [-0.2, -0.15) is 0 Å². The number of hydrogen-bond donors (Lipinski definition) is 1. The van der Waals surface area contributed by atoms with Crippen molar-refractivity contribution in [3.8, 4) is 0 Å². The van der Waals surface area contributed by atoms with E-state index in [9.17, 15) is 9.59 Å². The minimum Gasteiger partial charge on any atom is -0.463 e. The SMILES string of the molecule is CCOC(=O)/C=C/c1cc2n(c(=O)c1)CC1CNC[C@@H]2C1. The molecule has 1 aromatic rings. The van der Waals surface area contributed by atoms with E-state index >= 15 is 0 Å². The van der Waals surface area contributed by atoms with E-state index in [1.54, 1.807) is 19.1 Å². The highest BCUT2D eigenvalue weighted by Gasteiger charge is 2.30. The molecule has 5 nitrogen and oxygen atoms in total. The largest absolute Gasteiger partial charge is 0.463 e. The highest BCUT2D eigenvalue weighted by Crippen LogP contribution is 2.32. The molecule has 5 heteroatoms. The van der Waals surface area contributed by atoms with Crippen molar-refractivity contribution in [3.05, 3.63) is 39.8 Å². The number of fused-ring (bicyclic) bond motifs is 4. The molecule has 3 heterocycles. The van der Waals surface area contributed by atoms with E-state index in [2.05, 4.69) is 5.32 Å². The monoisotopic (exact) mass is 288 g/mol. The molecule has 0 saturated carbocycles. The summed E-state index contributed by atoms with van der Waals surface area (Å²) in [7, 11) is 0. The third kappa shape index (κ3) is 2.93. The number of piperidine rings is 1. The third-order valence-corrected chi connectivity index (χ3v) is 4.18. The second-order valence-electron chi connectivity index (χ2n) is 5.70. The number of ether oxygens (including phenoxy) is 1. The van der Waals surface area contributed by atoms with Crippen molar-refractivity contribution in [1.82, 2.24) is 9.88 Å². The summed E-state index contributed by atoms with van der Waals surface area (Å²) in [6.45, 7) is 4.82. The number of nitrogens with zero attached hydrogens (tertiary/aromatic N) is 1. The molecule has 1 unspecified atom stereocenters. The van der Waals surface area contributed by atoms with Gasteiger partial charge in [-0.1, -0.05) is 0 Å². The quantitative estimate of drug-likeness (QED) is 0.669. The highest BCUT2D eigenvalue weighted by atomic mass is 16.5. The van der Waals surface area contributed by atoms with Crippen LogP contribution in [0.1, 0.15) is 30.5 Å². The smallest absolute Gasteiger partial charge is 0.330 e. The number of nitrogens with one attached hydrogen (secondary N) is 1. The molecule has 0 spiro atoms. The zero-order chi connectivity index (χ0) is 14.8. The van der Waals surface area contributed by atoms with Crippen LogP contribution in [0.25, 0.3) is 6.08 Å². The van der Waals surface area contributed by atoms with Crippen molar-refractivity contribution in [3.63, 3.8) is 0 Å². The summed E-state index contributed by atoms with van der Waals surface area (Å²) in [6.07, 6.45) is 4.17. The lowest BCUT2D eigenvalue weighted by atomic mass is 9.84. The molecule has 0 aromatic carbocycles. The van der Waals surface area contributed by atoms with Crippen LogP contribution in [0.3, 0.4) is 0 Å². The Kier molecular flexibility index (Phi) is 3.92. The van der Waals surface area contributed by atoms with Crippen LogP contribution in [-0.4, -0.2) is 30.2 Å². The van der Waals surface area contributed by atoms with Crippen molar-refractivity contribution in [2.75, 3.05) is 19.7 Å². The predicted molar refractivity (Wildman–Crippen MR) is 80.1 cm³/mol. The number of esters is 1. The molecule has 1 fully saturated rings. The summed E-state index contributed by atoms with van der Waals surface area (Å²) in [5.74, 6) is 0.561. The summed E-state index contributed by atoms with van der Waals surface area (Å²) in [4.78, 5) is 23.6. The highest BCUT2D eigenvalue weighted by molar-refractivity contribution is 5.87. The van der Waals surface area contributed by atoms with Crippen LogP contribution in [0.15, 0.2) is 23.0 Å². The predicted octanol–water partition coefficient (Wildman–Crippen LogP) is 1.13. The lowest BCUT2D eigenvalue weighted by Gasteiger charge is -2.37. The van der Waals surface area contributed by atoms with Crippen LogP contribution >= 0.6 is 0 Å². The van der Waals surface area contributed by atoms with Crippen molar-refractivity contribution in [2.24, 2.45) is 5.92 Å². The Balaban J connectivity index is 1.90. The van der Waals surface area contributed by atoms with E-state index < -0.39 is 0 Å². The van der Waals surface area contributed by atoms with Crippen LogP contribution < -0.4 is 10.9 Å². The summed E-state index contributed by atoms with van der Waals surface area (Å²) < 4.78 is 6.74. The number of carbonyl (C=O) groups excluding carboxylic acids is 1. The molecule has 3 rings (SSSR count). The van der Waals surface area contributed by atoms with Gasteiger partial charge in [0.15, 0.2) is 0 Å². The van der Waals surface area contributed by atoms with Gasteiger partial charge in [0.2, 0.25) is 0 Å². The molecule has 21 heavy (non-hydrogen) atoms. The lowest BCUT2D eigenvalue weighted by Crippen LogP contribution is -2.44. The van der Waals surface area contributed by atoms with Crippen molar-refractivity contribution < 1.29 is 9.53 Å². The molecule has 1 N–H and O–H groups in total. The second kappa shape index (κ2) is 5.85. The van der Waals surface area contributed by atoms with Crippen LogP contribution in [-0.2, 0) is 16.1 Å². The fourth-order valence-corrected chi connectivity index (χ4v) is 3.28. The van der Waals surface area contributed by atoms with Crippen molar-refractivity contribution >= 4 is 12.0 Å². The first kappa shape index (κ1) is 14.1. The van der Waals surface area contributed by atoms with Crippen LogP contribution in [0.2, 0.25) is 0 Å². The normalized spacial score (nSPS) is 23.9. The number of aromatic nitrogens is 1. The minimum atomic E-state index is -0.380. The Hall–Kier alpha value is -1.88. The molecule has 2 atom stereocenters. The maximum Gasteiger partial charge on any atom is 0.330 e. The van der Waals surface area contributed by atoms with E-state index in [0.29, 0.717) is 18.4 Å². The number of rotatable bonds is 3. The van der Waals surface area contributed by atoms with Gasteiger partial charge >= 0.3 is 5.97 Å². The van der Waals surface area contributed by atoms with E-state index in [-0.39, 0.29) is 11.5 Å². The fraction of sp³-hybridized carbons (Fsp3) is 0.500. The first-order valence-corrected chi connectivity index (χ1v) is 7.47. The van der Waals surface area contributed by atoms with E-state index in [1.807, 2.05) is 10.6 Å². The number of pyridine rings is 1. The van der Waals surface area contributed by atoms with Crippen LogP contribution in [0.4, 0.5) is 0 Å². The van der Waals surface area contributed by atoms with E-state index in [1.165, 1.54) is 6.08 Å². The molecule has 1 saturated heterocycles. The molecule has 112 valence electrons. The molecule has 2 bridgehead atoms. The van der Waals surface area contributed by atoms with Gasteiger partial charge in [0.25, 0.3) is 5.56 Å². The summed E-state index contributed by atoms with van der Waals surface area (Å²) in [6, 6.07) is 3.61. The Bertz CT molecular complexity index is 633. The summed E-state index contributed by atoms with van der Waals surface area (Å²) in [5, 5.41) is 3.43. The number of hydrogen-bond acceptors (Lipinski definition) is 4. The molecular weight excluding hydrogens is 268 g/mol. The van der Waals surface area contributed by atoms with Gasteiger partial charge in [-0.25, -0.2) is 4.79 Å². The molecule has 0 aliphatic carbocycles. The van der Waals surface area contributed by atoms with Gasteiger partial charge in [0, 0.05) is 36.8 Å². The maximum absolute atomic E-state index is 12.3. The first-order chi connectivity index (χ1) is 10.2. The van der Waals surface area contributed by atoms with Gasteiger partial charge in [-0.3, -0.25) is 4.79 Å². The molecule has 2 aliphatic heterocycles. The van der Waals surface area contributed by atoms with E-state index in [4.69, 9.17) is 4.74 Å². The van der Waals surface area contributed by atoms with Crippen molar-refractivity contribution in [2.45, 2.75) is 25.8 Å². The molecular formula is C16H20N2O3. The first-order valence-electron chi connectivity index (χ1n) is 7.47. The second-order valence-corrected chi connectivity index (χ2v) is 5.70. The minimum absolute atomic E-state index is 0.0209. The lowest BCUT2D eigenvalue weighted by molar-refractivity contribution is -0.137. The number of carbonyl (C=O) groups is 1. The molecule has 2 aliphatic rings. The van der Waals surface area contributed by atoms with Gasteiger partial charge in [0.05, 0.1) is 6.61 Å². The maximum atomic E-state index is 12.3. The average molecular weight is 288 g/mol. The van der Waals surface area contributed by atoms with Gasteiger partial charge in [0.1, 0.15) is 0 Å². The molecule has 1 aromatic heterocycles.